The number of rotatable bonds is 5. The van der Waals surface area contributed by atoms with Gasteiger partial charge in [0.2, 0.25) is 5.89 Å². The fourth-order valence-electron chi connectivity index (χ4n) is 2.20. The topological polar surface area (TPSA) is 64.9 Å². The number of benzene rings is 2. The standard InChI is InChI=1S/C17H17N3O/c18-16(14-9-5-2-6-10-14)17-19-15(20-21-17)12-11-13-7-3-1-4-8-13/h1-10,16H,11-12,18H2/t16-/m1/s1. The van der Waals surface area contributed by atoms with Gasteiger partial charge < -0.3 is 10.3 Å². The summed E-state index contributed by atoms with van der Waals surface area (Å²) in [5.41, 5.74) is 8.37. The number of nitrogens with two attached hydrogens (primary N) is 1. The number of hydrogen-bond acceptors (Lipinski definition) is 4. The summed E-state index contributed by atoms with van der Waals surface area (Å²) in [6, 6.07) is 19.6. The second kappa shape index (κ2) is 6.33. The molecular formula is C17H17N3O. The molecular weight excluding hydrogens is 262 g/mol. The largest absolute Gasteiger partial charge is 0.337 e. The lowest BCUT2D eigenvalue weighted by Crippen LogP contribution is -2.12. The van der Waals surface area contributed by atoms with Gasteiger partial charge in [-0.2, -0.15) is 4.98 Å². The Labute approximate surface area is 123 Å². The van der Waals surface area contributed by atoms with Crippen LogP contribution in [0, 0.1) is 0 Å². The highest BCUT2D eigenvalue weighted by molar-refractivity contribution is 5.23. The minimum Gasteiger partial charge on any atom is -0.337 e. The summed E-state index contributed by atoms with van der Waals surface area (Å²) < 4.78 is 5.28. The highest BCUT2D eigenvalue weighted by Crippen LogP contribution is 2.17. The first-order valence-electron chi connectivity index (χ1n) is 7.00. The number of aryl methyl sites for hydroxylation is 2. The van der Waals surface area contributed by atoms with Gasteiger partial charge in [-0.15, -0.1) is 0 Å². The van der Waals surface area contributed by atoms with E-state index < -0.39 is 0 Å². The third kappa shape index (κ3) is 3.35. The summed E-state index contributed by atoms with van der Waals surface area (Å²) in [5.74, 6) is 1.16. The van der Waals surface area contributed by atoms with E-state index in [0.717, 1.165) is 18.4 Å². The summed E-state index contributed by atoms with van der Waals surface area (Å²) in [7, 11) is 0. The van der Waals surface area contributed by atoms with Crippen LogP contribution in [0.1, 0.15) is 28.9 Å². The second-order valence-corrected chi connectivity index (χ2v) is 4.92. The molecule has 1 heterocycles. The normalized spacial score (nSPS) is 12.2. The molecule has 1 atom stereocenters. The summed E-state index contributed by atoms with van der Waals surface area (Å²) in [6.07, 6.45) is 1.63. The predicted octanol–water partition coefficient (Wildman–Crippen LogP) is 2.90. The van der Waals surface area contributed by atoms with E-state index in [-0.39, 0.29) is 6.04 Å². The van der Waals surface area contributed by atoms with Crippen molar-refractivity contribution in [1.82, 2.24) is 10.1 Å². The highest BCUT2D eigenvalue weighted by Gasteiger charge is 2.16. The van der Waals surface area contributed by atoms with E-state index in [9.17, 15) is 0 Å². The van der Waals surface area contributed by atoms with Crippen molar-refractivity contribution < 1.29 is 4.52 Å². The molecule has 0 spiro atoms. The van der Waals surface area contributed by atoms with Crippen molar-refractivity contribution in [3.05, 3.63) is 83.5 Å². The van der Waals surface area contributed by atoms with Crippen LogP contribution in [0.3, 0.4) is 0 Å². The lowest BCUT2D eigenvalue weighted by atomic mass is 10.1. The Balaban J connectivity index is 1.66. The quantitative estimate of drug-likeness (QED) is 0.780. The lowest BCUT2D eigenvalue weighted by Gasteiger charge is -2.05. The first kappa shape index (κ1) is 13.5. The molecule has 0 amide bonds. The van der Waals surface area contributed by atoms with Crippen molar-refractivity contribution in [3.63, 3.8) is 0 Å². The maximum absolute atomic E-state index is 6.14. The van der Waals surface area contributed by atoms with E-state index in [1.807, 2.05) is 48.5 Å². The average Bonchev–Trinajstić information content (AvgIpc) is 3.03. The monoisotopic (exact) mass is 279 g/mol. The van der Waals surface area contributed by atoms with Crippen LogP contribution in [0.5, 0.6) is 0 Å². The summed E-state index contributed by atoms with van der Waals surface area (Å²) in [5, 5.41) is 4.01. The van der Waals surface area contributed by atoms with E-state index in [1.54, 1.807) is 0 Å². The molecule has 2 N–H and O–H groups in total. The molecule has 106 valence electrons. The van der Waals surface area contributed by atoms with Crippen LogP contribution in [-0.2, 0) is 12.8 Å². The Hall–Kier alpha value is -2.46. The second-order valence-electron chi connectivity index (χ2n) is 4.92. The molecule has 0 saturated heterocycles. The van der Waals surface area contributed by atoms with Crippen molar-refractivity contribution in [1.29, 1.82) is 0 Å². The molecule has 2 aromatic carbocycles. The molecule has 0 aliphatic carbocycles. The van der Waals surface area contributed by atoms with E-state index in [1.165, 1.54) is 5.56 Å². The van der Waals surface area contributed by atoms with Crippen LogP contribution in [0.25, 0.3) is 0 Å². The van der Waals surface area contributed by atoms with Crippen LogP contribution in [0.2, 0.25) is 0 Å². The SMILES string of the molecule is N[C@H](c1ccccc1)c1nc(CCc2ccccc2)no1. The van der Waals surface area contributed by atoms with Crippen LogP contribution in [-0.4, -0.2) is 10.1 Å². The van der Waals surface area contributed by atoms with Crippen LogP contribution >= 0.6 is 0 Å². The van der Waals surface area contributed by atoms with Crippen molar-refractivity contribution in [2.45, 2.75) is 18.9 Å². The molecule has 0 saturated carbocycles. The van der Waals surface area contributed by atoms with Gasteiger partial charge in [-0.3, -0.25) is 0 Å². The van der Waals surface area contributed by atoms with E-state index in [4.69, 9.17) is 10.3 Å². The van der Waals surface area contributed by atoms with Crippen molar-refractivity contribution >= 4 is 0 Å². The predicted molar refractivity (Wildman–Crippen MR) is 80.6 cm³/mol. The van der Waals surface area contributed by atoms with Crippen LogP contribution in [0.15, 0.2) is 65.2 Å². The van der Waals surface area contributed by atoms with Crippen LogP contribution in [0.4, 0.5) is 0 Å². The Kier molecular flexibility index (Phi) is 4.07. The van der Waals surface area contributed by atoms with Gasteiger partial charge in [0.1, 0.15) is 6.04 Å². The molecule has 0 fully saturated rings. The fraction of sp³-hybridized carbons (Fsp3) is 0.176. The lowest BCUT2D eigenvalue weighted by molar-refractivity contribution is 0.362. The third-order valence-corrected chi connectivity index (χ3v) is 3.39. The summed E-state index contributed by atoms with van der Waals surface area (Å²) in [4.78, 5) is 4.40. The molecule has 4 nitrogen and oxygen atoms in total. The molecule has 21 heavy (non-hydrogen) atoms. The van der Waals surface area contributed by atoms with Gasteiger partial charge in [-0.1, -0.05) is 65.8 Å². The van der Waals surface area contributed by atoms with Crippen molar-refractivity contribution in [2.24, 2.45) is 5.73 Å². The van der Waals surface area contributed by atoms with Gasteiger partial charge in [0, 0.05) is 6.42 Å². The Bertz CT molecular complexity index is 680. The van der Waals surface area contributed by atoms with Gasteiger partial charge in [-0.25, -0.2) is 0 Å². The molecule has 0 unspecified atom stereocenters. The number of aromatic nitrogens is 2. The van der Waals surface area contributed by atoms with Crippen molar-refractivity contribution in [2.75, 3.05) is 0 Å². The van der Waals surface area contributed by atoms with Gasteiger partial charge in [0.25, 0.3) is 0 Å². The maximum atomic E-state index is 6.14. The maximum Gasteiger partial charge on any atom is 0.248 e. The van der Waals surface area contributed by atoms with Gasteiger partial charge in [0.15, 0.2) is 5.82 Å². The third-order valence-electron chi connectivity index (χ3n) is 3.39. The van der Waals surface area contributed by atoms with E-state index >= 15 is 0 Å². The molecule has 1 aromatic heterocycles. The minimum absolute atomic E-state index is 0.371. The van der Waals surface area contributed by atoms with Gasteiger partial charge in [0.05, 0.1) is 0 Å². The Morgan fingerprint density at radius 2 is 1.57 bits per heavy atom. The zero-order chi connectivity index (χ0) is 14.5. The average molecular weight is 279 g/mol. The first-order valence-corrected chi connectivity index (χ1v) is 7.00. The van der Waals surface area contributed by atoms with Crippen LogP contribution < -0.4 is 5.73 Å². The first-order chi connectivity index (χ1) is 10.3. The molecule has 3 rings (SSSR count). The molecule has 0 aliphatic heterocycles. The molecule has 0 bridgehead atoms. The molecule has 3 aromatic rings. The van der Waals surface area contributed by atoms with E-state index in [0.29, 0.717) is 11.7 Å². The molecule has 0 aliphatic rings. The molecule has 4 heteroatoms. The Morgan fingerprint density at radius 1 is 0.905 bits per heavy atom. The molecule has 0 radical (unpaired) electrons. The zero-order valence-electron chi connectivity index (χ0n) is 11.6. The number of nitrogens with zero attached hydrogens (tertiary/aromatic N) is 2. The highest BCUT2D eigenvalue weighted by atomic mass is 16.5. The summed E-state index contributed by atoms with van der Waals surface area (Å²) >= 11 is 0. The minimum atomic E-state index is -0.371. The summed E-state index contributed by atoms with van der Waals surface area (Å²) in [6.45, 7) is 0. The smallest absolute Gasteiger partial charge is 0.248 e. The van der Waals surface area contributed by atoms with Gasteiger partial charge >= 0.3 is 0 Å². The van der Waals surface area contributed by atoms with Gasteiger partial charge in [-0.05, 0) is 17.5 Å². The zero-order valence-corrected chi connectivity index (χ0v) is 11.6. The fourth-order valence-corrected chi connectivity index (χ4v) is 2.20. The van der Waals surface area contributed by atoms with E-state index in [2.05, 4.69) is 22.3 Å². The Morgan fingerprint density at radius 3 is 2.29 bits per heavy atom. The van der Waals surface area contributed by atoms with Crippen molar-refractivity contribution in [3.8, 4) is 0 Å². The number of hydrogen-bond donors (Lipinski definition) is 1.